The number of pyridine rings is 1. The maximum absolute atomic E-state index is 12.7. The van der Waals surface area contributed by atoms with Gasteiger partial charge in [-0.2, -0.15) is 0 Å². The highest BCUT2D eigenvalue weighted by Gasteiger charge is 2.18. The number of fused-ring (bicyclic) bond motifs is 1. The molecule has 130 valence electrons. The first-order valence-electron chi connectivity index (χ1n) is 8.17. The van der Waals surface area contributed by atoms with E-state index >= 15 is 0 Å². The minimum absolute atomic E-state index is 0.0793. The zero-order valence-electron chi connectivity index (χ0n) is 14.7. The van der Waals surface area contributed by atoms with Crippen LogP contribution in [0.25, 0.3) is 10.9 Å². The fraction of sp³-hybridized carbons (Fsp3) is 0.263. The lowest BCUT2D eigenvalue weighted by atomic mass is 10.1. The summed E-state index contributed by atoms with van der Waals surface area (Å²) in [4.78, 5) is 16.7. The Morgan fingerprint density at radius 1 is 1.28 bits per heavy atom. The van der Waals surface area contributed by atoms with Crippen LogP contribution in [0.2, 0.25) is 0 Å². The van der Waals surface area contributed by atoms with E-state index in [1.165, 1.54) is 0 Å². The SMILES string of the molecule is COc1ccc2c(c1)c(C(=O)NCCNc1cccnc1)c(C)n2C. The molecule has 6 heteroatoms. The minimum Gasteiger partial charge on any atom is -0.497 e. The van der Waals surface area contributed by atoms with Gasteiger partial charge in [-0.3, -0.25) is 9.78 Å². The van der Waals surface area contributed by atoms with Gasteiger partial charge in [0, 0.05) is 49.1 Å². The fourth-order valence-electron chi connectivity index (χ4n) is 2.90. The van der Waals surface area contributed by atoms with Crippen molar-refractivity contribution >= 4 is 22.5 Å². The van der Waals surface area contributed by atoms with Crippen LogP contribution in [-0.2, 0) is 7.05 Å². The Morgan fingerprint density at radius 2 is 2.12 bits per heavy atom. The molecule has 0 unspecified atom stereocenters. The highest BCUT2D eigenvalue weighted by molar-refractivity contribution is 6.08. The second-order valence-corrected chi connectivity index (χ2v) is 5.83. The van der Waals surface area contributed by atoms with Gasteiger partial charge in [-0.05, 0) is 37.3 Å². The summed E-state index contributed by atoms with van der Waals surface area (Å²) in [5.74, 6) is 0.662. The predicted molar refractivity (Wildman–Crippen MR) is 99.3 cm³/mol. The Balaban J connectivity index is 1.72. The van der Waals surface area contributed by atoms with Gasteiger partial charge in [0.15, 0.2) is 0 Å². The molecule has 2 heterocycles. The van der Waals surface area contributed by atoms with Crippen molar-refractivity contribution in [1.82, 2.24) is 14.9 Å². The summed E-state index contributed by atoms with van der Waals surface area (Å²) in [5, 5.41) is 7.10. The number of aryl methyl sites for hydroxylation is 1. The maximum atomic E-state index is 12.7. The topological polar surface area (TPSA) is 68.2 Å². The number of hydrogen-bond acceptors (Lipinski definition) is 4. The lowest BCUT2D eigenvalue weighted by molar-refractivity contribution is 0.0956. The Morgan fingerprint density at radius 3 is 2.84 bits per heavy atom. The van der Waals surface area contributed by atoms with E-state index in [0.29, 0.717) is 18.7 Å². The monoisotopic (exact) mass is 338 g/mol. The molecule has 3 rings (SSSR count). The van der Waals surface area contributed by atoms with Gasteiger partial charge in [0.05, 0.1) is 18.4 Å². The average molecular weight is 338 g/mol. The van der Waals surface area contributed by atoms with E-state index in [0.717, 1.165) is 28.0 Å². The number of carbonyl (C=O) groups excluding carboxylic acids is 1. The third-order valence-electron chi connectivity index (χ3n) is 4.33. The van der Waals surface area contributed by atoms with Gasteiger partial charge in [0.25, 0.3) is 5.91 Å². The summed E-state index contributed by atoms with van der Waals surface area (Å²) in [6, 6.07) is 9.60. The molecule has 0 aliphatic carbocycles. The van der Waals surface area contributed by atoms with Crippen LogP contribution in [0.1, 0.15) is 16.1 Å². The van der Waals surface area contributed by atoms with Gasteiger partial charge in [-0.15, -0.1) is 0 Å². The van der Waals surface area contributed by atoms with E-state index in [-0.39, 0.29) is 5.91 Å². The van der Waals surface area contributed by atoms with Gasteiger partial charge in [-0.1, -0.05) is 0 Å². The van der Waals surface area contributed by atoms with Crippen molar-refractivity contribution in [2.24, 2.45) is 7.05 Å². The van der Waals surface area contributed by atoms with E-state index in [4.69, 9.17) is 4.74 Å². The lowest BCUT2D eigenvalue weighted by Crippen LogP contribution is -2.29. The van der Waals surface area contributed by atoms with Crippen molar-refractivity contribution in [3.8, 4) is 5.75 Å². The molecule has 1 aromatic carbocycles. The fourth-order valence-corrected chi connectivity index (χ4v) is 2.90. The highest BCUT2D eigenvalue weighted by Crippen LogP contribution is 2.28. The number of benzene rings is 1. The molecular weight excluding hydrogens is 316 g/mol. The molecule has 0 atom stereocenters. The molecule has 2 aromatic heterocycles. The first-order valence-corrected chi connectivity index (χ1v) is 8.17. The van der Waals surface area contributed by atoms with Gasteiger partial charge < -0.3 is 19.9 Å². The van der Waals surface area contributed by atoms with E-state index in [1.807, 2.05) is 48.9 Å². The van der Waals surface area contributed by atoms with Crippen LogP contribution in [0.15, 0.2) is 42.7 Å². The molecule has 25 heavy (non-hydrogen) atoms. The third kappa shape index (κ3) is 3.42. The number of methoxy groups -OCH3 is 1. The predicted octanol–water partition coefficient (Wildman–Crippen LogP) is 2.73. The molecule has 0 fully saturated rings. The molecule has 0 spiro atoms. The summed E-state index contributed by atoms with van der Waals surface area (Å²) >= 11 is 0. The summed E-state index contributed by atoms with van der Waals surface area (Å²) < 4.78 is 7.32. The number of carbonyl (C=O) groups is 1. The molecule has 0 saturated carbocycles. The number of aromatic nitrogens is 2. The molecule has 2 N–H and O–H groups in total. The van der Waals surface area contributed by atoms with Crippen molar-refractivity contribution < 1.29 is 9.53 Å². The normalized spacial score (nSPS) is 10.7. The molecule has 6 nitrogen and oxygen atoms in total. The number of anilines is 1. The Kier molecular flexibility index (Phi) is 4.88. The molecule has 3 aromatic rings. The van der Waals surface area contributed by atoms with Crippen LogP contribution in [0, 0.1) is 6.92 Å². The summed E-state index contributed by atoms with van der Waals surface area (Å²) in [5.41, 5.74) is 3.57. The van der Waals surface area contributed by atoms with Gasteiger partial charge in [0.1, 0.15) is 5.75 Å². The Labute approximate surface area is 146 Å². The standard InChI is InChI=1S/C19H22N4O2/c1-13-18(16-11-15(25-3)6-7-17(16)23(13)2)19(24)22-10-9-21-14-5-4-8-20-12-14/h4-8,11-12,21H,9-10H2,1-3H3,(H,22,24). The second-order valence-electron chi connectivity index (χ2n) is 5.83. The quantitative estimate of drug-likeness (QED) is 0.678. The molecule has 0 saturated heterocycles. The largest absolute Gasteiger partial charge is 0.497 e. The van der Waals surface area contributed by atoms with Crippen LogP contribution < -0.4 is 15.4 Å². The summed E-state index contributed by atoms with van der Waals surface area (Å²) in [6.07, 6.45) is 3.48. The van der Waals surface area contributed by atoms with Crippen molar-refractivity contribution in [2.75, 3.05) is 25.5 Å². The van der Waals surface area contributed by atoms with E-state index in [9.17, 15) is 4.79 Å². The van der Waals surface area contributed by atoms with Crippen LogP contribution in [0.5, 0.6) is 5.75 Å². The molecule has 0 radical (unpaired) electrons. The first-order chi connectivity index (χ1) is 12.1. The van der Waals surface area contributed by atoms with Crippen LogP contribution >= 0.6 is 0 Å². The average Bonchev–Trinajstić information content (AvgIpc) is 2.89. The summed E-state index contributed by atoms with van der Waals surface area (Å²) in [6.45, 7) is 3.10. The lowest BCUT2D eigenvalue weighted by Gasteiger charge is -2.08. The second kappa shape index (κ2) is 7.25. The van der Waals surface area contributed by atoms with Gasteiger partial charge in [0.2, 0.25) is 0 Å². The number of nitrogens with one attached hydrogen (secondary N) is 2. The van der Waals surface area contributed by atoms with E-state index < -0.39 is 0 Å². The minimum atomic E-state index is -0.0793. The molecule has 0 bridgehead atoms. The first kappa shape index (κ1) is 16.8. The smallest absolute Gasteiger partial charge is 0.253 e. The van der Waals surface area contributed by atoms with E-state index in [1.54, 1.807) is 19.5 Å². The molecule has 1 amide bonds. The number of ether oxygens (including phenoxy) is 1. The van der Waals surface area contributed by atoms with Crippen molar-refractivity contribution in [1.29, 1.82) is 0 Å². The Bertz CT molecular complexity index is 887. The van der Waals surface area contributed by atoms with E-state index in [2.05, 4.69) is 15.6 Å². The number of nitrogens with zero attached hydrogens (tertiary/aromatic N) is 2. The summed E-state index contributed by atoms with van der Waals surface area (Å²) in [7, 11) is 3.59. The number of amides is 1. The van der Waals surface area contributed by atoms with Crippen molar-refractivity contribution in [3.05, 3.63) is 54.0 Å². The zero-order chi connectivity index (χ0) is 17.8. The van der Waals surface area contributed by atoms with Crippen molar-refractivity contribution in [2.45, 2.75) is 6.92 Å². The molecule has 0 aliphatic rings. The Hall–Kier alpha value is -3.02. The van der Waals surface area contributed by atoms with Gasteiger partial charge >= 0.3 is 0 Å². The number of hydrogen-bond donors (Lipinski definition) is 2. The molecule has 0 aliphatic heterocycles. The maximum Gasteiger partial charge on any atom is 0.253 e. The zero-order valence-corrected chi connectivity index (χ0v) is 14.7. The highest BCUT2D eigenvalue weighted by atomic mass is 16.5. The van der Waals surface area contributed by atoms with Crippen molar-refractivity contribution in [3.63, 3.8) is 0 Å². The van der Waals surface area contributed by atoms with Crippen LogP contribution in [-0.4, -0.2) is 35.7 Å². The van der Waals surface area contributed by atoms with Crippen LogP contribution in [0.3, 0.4) is 0 Å². The number of rotatable bonds is 6. The third-order valence-corrected chi connectivity index (χ3v) is 4.33. The van der Waals surface area contributed by atoms with Gasteiger partial charge in [-0.25, -0.2) is 0 Å². The molecular formula is C19H22N4O2. The van der Waals surface area contributed by atoms with Crippen LogP contribution in [0.4, 0.5) is 5.69 Å².